The molecular weight excluding hydrogens is 402 g/mol. The number of nitrogens with zero attached hydrogens (tertiary/aromatic N) is 4. The lowest BCUT2D eigenvalue weighted by Crippen LogP contribution is -2.44. The minimum absolute atomic E-state index is 0.0322. The van der Waals surface area contributed by atoms with E-state index in [0.29, 0.717) is 25.0 Å². The third-order valence-electron chi connectivity index (χ3n) is 5.70. The van der Waals surface area contributed by atoms with Gasteiger partial charge >= 0.3 is 0 Å². The van der Waals surface area contributed by atoms with Gasteiger partial charge in [0, 0.05) is 48.5 Å². The van der Waals surface area contributed by atoms with Gasteiger partial charge in [0.15, 0.2) is 6.10 Å². The van der Waals surface area contributed by atoms with Crippen LogP contribution in [0.15, 0.2) is 54.9 Å². The number of ether oxygens (including phenoxy) is 1. The lowest BCUT2D eigenvalue weighted by Gasteiger charge is -2.33. The summed E-state index contributed by atoms with van der Waals surface area (Å²) in [5.74, 6) is 1.62. The fourth-order valence-corrected chi connectivity index (χ4v) is 3.99. The van der Waals surface area contributed by atoms with Crippen molar-refractivity contribution in [2.75, 3.05) is 18.4 Å². The van der Waals surface area contributed by atoms with Crippen LogP contribution in [0, 0.1) is 13.8 Å². The lowest BCUT2D eigenvalue weighted by molar-refractivity contribution is -0.139. The molecule has 1 aliphatic rings. The van der Waals surface area contributed by atoms with Crippen LogP contribution in [0.4, 0.5) is 11.6 Å². The van der Waals surface area contributed by atoms with Crippen molar-refractivity contribution in [3.8, 4) is 5.75 Å². The molecule has 1 atom stereocenters. The second-order valence-electron chi connectivity index (χ2n) is 8.29. The maximum atomic E-state index is 12.9. The topological polar surface area (TPSA) is 80.2 Å². The molecule has 4 rings (SSSR count). The van der Waals surface area contributed by atoms with Gasteiger partial charge in [-0.05, 0) is 63.9 Å². The number of aryl methyl sites for hydroxylation is 2. The van der Waals surface area contributed by atoms with Crippen LogP contribution < -0.4 is 10.1 Å². The molecule has 3 heterocycles. The van der Waals surface area contributed by atoms with E-state index in [9.17, 15) is 4.79 Å². The number of anilines is 2. The third-order valence-corrected chi connectivity index (χ3v) is 5.70. The summed E-state index contributed by atoms with van der Waals surface area (Å²) in [6.45, 7) is 7.24. The summed E-state index contributed by atoms with van der Waals surface area (Å²) < 4.78 is 5.86. The first-order chi connectivity index (χ1) is 15.5. The van der Waals surface area contributed by atoms with Gasteiger partial charge in [0.05, 0.1) is 0 Å². The summed E-state index contributed by atoms with van der Waals surface area (Å²) in [4.78, 5) is 28.0. The molecule has 166 valence electrons. The zero-order valence-electron chi connectivity index (χ0n) is 18.8. The summed E-state index contributed by atoms with van der Waals surface area (Å²) in [7, 11) is 0. The number of benzene rings is 1. The van der Waals surface area contributed by atoms with Crippen LogP contribution in [0.25, 0.3) is 0 Å². The van der Waals surface area contributed by atoms with Gasteiger partial charge in [-0.3, -0.25) is 9.78 Å². The van der Waals surface area contributed by atoms with Crippen LogP contribution in [-0.4, -0.2) is 45.0 Å². The van der Waals surface area contributed by atoms with Crippen molar-refractivity contribution in [2.24, 2.45) is 0 Å². The quantitative estimate of drug-likeness (QED) is 0.623. The normalized spacial score (nSPS) is 15.3. The molecule has 1 amide bonds. The van der Waals surface area contributed by atoms with Crippen molar-refractivity contribution in [2.45, 2.75) is 45.6 Å². The highest BCUT2D eigenvalue weighted by Crippen LogP contribution is 2.30. The predicted octanol–water partition coefficient (Wildman–Crippen LogP) is 4.41. The number of carbonyl (C=O) groups excluding carboxylic acids is 1. The Balaban J connectivity index is 1.35. The first kappa shape index (κ1) is 21.7. The predicted molar refractivity (Wildman–Crippen MR) is 124 cm³/mol. The Morgan fingerprint density at radius 1 is 1.09 bits per heavy atom. The van der Waals surface area contributed by atoms with Crippen LogP contribution >= 0.6 is 0 Å². The average molecular weight is 432 g/mol. The van der Waals surface area contributed by atoms with Crippen molar-refractivity contribution < 1.29 is 9.53 Å². The van der Waals surface area contributed by atoms with E-state index in [-0.39, 0.29) is 5.91 Å². The van der Waals surface area contributed by atoms with Crippen LogP contribution in [0.5, 0.6) is 5.75 Å². The van der Waals surface area contributed by atoms with Gasteiger partial charge < -0.3 is 15.0 Å². The van der Waals surface area contributed by atoms with Crippen LogP contribution in [0.3, 0.4) is 0 Å². The van der Waals surface area contributed by atoms with Gasteiger partial charge in [-0.25, -0.2) is 9.97 Å². The van der Waals surface area contributed by atoms with E-state index in [1.165, 1.54) is 0 Å². The Hall–Kier alpha value is -3.48. The molecule has 1 saturated heterocycles. The van der Waals surface area contributed by atoms with Crippen molar-refractivity contribution in [1.29, 1.82) is 0 Å². The summed E-state index contributed by atoms with van der Waals surface area (Å²) in [6.07, 6.45) is 4.66. The smallest absolute Gasteiger partial charge is 0.263 e. The molecule has 7 nitrogen and oxygen atoms in total. The Bertz CT molecular complexity index is 1050. The molecule has 0 bridgehead atoms. The van der Waals surface area contributed by atoms with Gasteiger partial charge in [0.2, 0.25) is 5.95 Å². The third kappa shape index (κ3) is 5.41. The van der Waals surface area contributed by atoms with E-state index in [1.807, 2.05) is 56.0 Å². The number of aromatic nitrogens is 3. The van der Waals surface area contributed by atoms with Crippen LogP contribution in [0.1, 0.15) is 42.6 Å². The number of rotatable bonds is 6. The summed E-state index contributed by atoms with van der Waals surface area (Å²) in [5, 5.41) is 3.25. The molecule has 3 aromatic rings. The molecule has 0 radical (unpaired) electrons. The molecular formula is C25H29N5O2. The SMILES string of the molecule is Cc1ccc(O[C@H](C)C(=O)N2CCC(c3cc(Nc4ncccn4)cc(C)n3)CC2)cc1. The number of nitrogens with one attached hydrogen (secondary N) is 1. The Morgan fingerprint density at radius 3 is 2.47 bits per heavy atom. The van der Waals surface area contributed by atoms with Crippen LogP contribution in [0.2, 0.25) is 0 Å². The summed E-state index contributed by atoms with van der Waals surface area (Å²) >= 11 is 0. The second-order valence-corrected chi connectivity index (χ2v) is 8.29. The molecule has 1 N–H and O–H groups in total. The maximum absolute atomic E-state index is 12.9. The van der Waals surface area contributed by atoms with E-state index in [1.54, 1.807) is 18.5 Å². The molecule has 1 aliphatic heterocycles. The van der Waals surface area contributed by atoms with Gasteiger partial charge in [-0.15, -0.1) is 0 Å². The van der Waals surface area contributed by atoms with E-state index in [4.69, 9.17) is 9.72 Å². The first-order valence-corrected chi connectivity index (χ1v) is 11.0. The molecule has 7 heteroatoms. The van der Waals surface area contributed by atoms with E-state index >= 15 is 0 Å². The average Bonchev–Trinajstić information content (AvgIpc) is 2.80. The molecule has 0 saturated carbocycles. The summed E-state index contributed by atoms with van der Waals surface area (Å²) in [5.41, 5.74) is 4.08. The van der Waals surface area contributed by atoms with E-state index in [0.717, 1.165) is 41.2 Å². The molecule has 2 aromatic heterocycles. The van der Waals surface area contributed by atoms with Crippen LogP contribution in [-0.2, 0) is 4.79 Å². The molecule has 0 spiro atoms. The zero-order valence-corrected chi connectivity index (χ0v) is 18.8. The Labute approximate surface area is 188 Å². The minimum Gasteiger partial charge on any atom is -0.481 e. The van der Waals surface area contributed by atoms with Crippen molar-refractivity contribution in [3.05, 3.63) is 71.8 Å². The maximum Gasteiger partial charge on any atom is 0.263 e. The molecule has 0 aliphatic carbocycles. The lowest BCUT2D eigenvalue weighted by atomic mass is 9.92. The van der Waals surface area contributed by atoms with Gasteiger partial charge in [0.1, 0.15) is 5.75 Å². The molecule has 32 heavy (non-hydrogen) atoms. The minimum atomic E-state index is -0.506. The van der Waals surface area contributed by atoms with E-state index in [2.05, 4.69) is 21.4 Å². The zero-order chi connectivity index (χ0) is 22.5. The summed E-state index contributed by atoms with van der Waals surface area (Å²) in [6, 6.07) is 13.6. The van der Waals surface area contributed by atoms with Crippen molar-refractivity contribution in [1.82, 2.24) is 19.9 Å². The number of hydrogen-bond acceptors (Lipinski definition) is 6. The molecule has 1 fully saturated rings. The number of amides is 1. The fraction of sp³-hybridized carbons (Fsp3) is 0.360. The monoisotopic (exact) mass is 431 g/mol. The standard InChI is InChI=1S/C25H29N5O2/c1-17-5-7-22(8-6-17)32-19(3)24(31)30-13-9-20(10-14-30)23-16-21(15-18(2)28-23)29-25-26-11-4-12-27-25/h4-8,11-12,15-16,19-20H,9-10,13-14H2,1-3H3,(H,26,27,28,29)/t19-/m1/s1. The number of pyridine rings is 1. The highest BCUT2D eigenvalue weighted by atomic mass is 16.5. The second kappa shape index (κ2) is 9.77. The van der Waals surface area contributed by atoms with Crippen molar-refractivity contribution in [3.63, 3.8) is 0 Å². The number of carbonyl (C=O) groups is 1. The van der Waals surface area contributed by atoms with Gasteiger partial charge in [0.25, 0.3) is 5.91 Å². The van der Waals surface area contributed by atoms with Gasteiger partial charge in [-0.1, -0.05) is 17.7 Å². The molecule has 1 aromatic carbocycles. The Morgan fingerprint density at radius 2 is 1.78 bits per heavy atom. The number of piperidine rings is 1. The highest BCUT2D eigenvalue weighted by molar-refractivity contribution is 5.81. The number of hydrogen-bond donors (Lipinski definition) is 1. The largest absolute Gasteiger partial charge is 0.481 e. The van der Waals surface area contributed by atoms with E-state index < -0.39 is 6.10 Å². The number of likely N-dealkylation sites (tertiary alicyclic amines) is 1. The van der Waals surface area contributed by atoms with Crippen molar-refractivity contribution >= 4 is 17.5 Å². The fourth-order valence-electron chi connectivity index (χ4n) is 3.99. The Kier molecular flexibility index (Phi) is 6.63. The first-order valence-electron chi connectivity index (χ1n) is 11.0. The van der Waals surface area contributed by atoms with Gasteiger partial charge in [-0.2, -0.15) is 0 Å². The highest BCUT2D eigenvalue weighted by Gasteiger charge is 2.28. The molecule has 0 unspecified atom stereocenters.